The highest BCUT2D eigenvalue weighted by Gasteiger charge is 2.60. The predicted molar refractivity (Wildman–Crippen MR) is 94.3 cm³/mol. The molecule has 1 aliphatic carbocycles. The zero-order valence-electron chi connectivity index (χ0n) is 15.0. The van der Waals surface area contributed by atoms with Crippen LogP contribution in [-0.2, 0) is 0 Å². The summed E-state index contributed by atoms with van der Waals surface area (Å²) in [4.78, 5) is 25.7. The summed E-state index contributed by atoms with van der Waals surface area (Å²) < 4.78 is 0. The van der Waals surface area contributed by atoms with Crippen LogP contribution in [0.5, 0.6) is 0 Å². The van der Waals surface area contributed by atoms with Crippen molar-refractivity contribution in [2.24, 2.45) is 17.8 Å². The normalized spacial score (nSPS) is 37.7. The number of nitrogens with zero attached hydrogens (tertiary/aromatic N) is 2. The third-order valence-corrected chi connectivity index (χ3v) is 7.25. The molecular formula is C19H25N3O3. The number of nitro benzene ring substituents is 1. The van der Waals surface area contributed by atoms with Crippen molar-refractivity contribution in [3.63, 3.8) is 0 Å². The summed E-state index contributed by atoms with van der Waals surface area (Å²) in [5, 5.41) is 14.1. The first kappa shape index (κ1) is 16.5. The van der Waals surface area contributed by atoms with E-state index in [2.05, 4.69) is 31.0 Å². The molecule has 25 heavy (non-hydrogen) atoms. The van der Waals surface area contributed by atoms with Crippen LogP contribution in [0.25, 0.3) is 0 Å². The lowest BCUT2D eigenvalue weighted by molar-refractivity contribution is -0.384. The second kappa shape index (κ2) is 5.27. The van der Waals surface area contributed by atoms with Crippen LogP contribution in [0.3, 0.4) is 0 Å². The molecule has 0 spiro atoms. The van der Waals surface area contributed by atoms with Gasteiger partial charge in [-0.2, -0.15) is 0 Å². The smallest absolute Gasteiger partial charge is 0.269 e. The lowest BCUT2D eigenvalue weighted by Crippen LogP contribution is -2.75. The van der Waals surface area contributed by atoms with Gasteiger partial charge in [0.25, 0.3) is 11.6 Å². The maximum absolute atomic E-state index is 12.8. The van der Waals surface area contributed by atoms with Crippen molar-refractivity contribution in [3.05, 3.63) is 39.9 Å². The number of nitrogens with one attached hydrogen (secondary N) is 1. The molecule has 1 aromatic rings. The van der Waals surface area contributed by atoms with Gasteiger partial charge < -0.3 is 5.32 Å². The Hall–Kier alpha value is -1.95. The average molecular weight is 343 g/mol. The van der Waals surface area contributed by atoms with Crippen LogP contribution in [0.1, 0.15) is 44.0 Å². The standard InChI is InChI=1S/C19H25N3O3/c1-18(2)13-8-14-10-21(18)11-15(9-13)19(14,3)20-17(23)12-4-6-16(7-5-12)22(24)25/h4-7,13-15H,8-11H2,1-3H3,(H,20,23). The molecule has 134 valence electrons. The Morgan fingerprint density at radius 3 is 2.16 bits per heavy atom. The molecule has 2 unspecified atom stereocenters. The molecule has 3 heterocycles. The minimum absolute atomic E-state index is 0.00687. The molecule has 6 heteroatoms. The van der Waals surface area contributed by atoms with Gasteiger partial charge >= 0.3 is 0 Å². The molecule has 4 aliphatic rings. The molecule has 1 saturated carbocycles. The molecule has 5 rings (SSSR count). The number of rotatable bonds is 3. The van der Waals surface area contributed by atoms with Crippen molar-refractivity contribution in [3.8, 4) is 0 Å². The van der Waals surface area contributed by atoms with Crippen LogP contribution in [0.2, 0.25) is 0 Å². The number of carbonyl (C=O) groups excluding carboxylic acids is 1. The lowest BCUT2D eigenvalue weighted by Gasteiger charge is -2.67. The molecule has 6 nitrogen and oxygen atoms in total. The van der Waals surface area contributed by atoms with Crippen LogP contribution < -0.4 is 5.32 Å². The van der Waals surface area contributed by atoms with Gasteiger partial charge in [0.1, 0.15) is 0 Å². The molecule has 1 aromatic carbocycles. The van der Waals surface area contributed by atoms with Gasteiger partial charge in [0.15, 0.2) is 0 Å². The molecule has 0 aromatic heterocycles. The molecule has 1 amide bonds. The Morgan fingerprint density at radius 2 is 1.68 bits per heavy atom. The molecule has 1 N–H and O–H groups in total. The number of carbonyl (C=O) groups is 1. The van der Waals surface area contributed by atoms with E-state index < -0.39 is 4.92 Å². The van der Waals surface area contributed by atoms with Gasteiger partial charge in [0.2, 0.25) is 0 Å². The van der Waals surface area contributed by atoms with E-state index in [1.165, 1.54) is 12.1 Å². The summed E-state index contributed by atoms with van der Waals surface area (Å²) in [6.45, 7) is 8.97. The predicted octanol–water partition coefficient (Wildman–Crippen LogP) is 2.83. The van der Waals surface area contributed by atoms with Crippen molar-refractivity contribution in [1.29, 1.82) is 0 Å². The number of benzene rings is 1. The largest absolute Gasteiger partial charge is 0.346 e. The number of nitro groups is 1. The first-order chi connectivity index (χ1) is 11.7. The summed E-state index contributed by atoms with van der Waals surface area (Å²) in [6, 6.07) is 5.86. The number of non-ortho nitro benzene ring substituents is 1. The maximum Gasteiger partial charge on any atom is 0.269 e. The third kappa shape index (κ3) is 2.38. The van der Waals surface area contributed by atoms with Gasteiger partial charge in [0.05, 0.1) is 4.92 Å². The van der Waals surface area contributed by atoms with Crippen molar-refractivity contribution >= 4 is 11.6 Å². The summed E-state index contributed by atoms with van der Waals surface area (Å²) in [5.74, 6) is 1.52. The molecule has 2 atom stereocenters. The Labute approximate surface area is 147 Å². The quantitative estimate of drug-likeness (QED) is 0.676. The minimum Gasteiger partial charge on any atom is -0.346 e. The zero-order valence-corrected chi connectivity index (χ0v) is 15.0. The Kier molecular flexibility index (Phi) is 3.48. The number of hydrogen-bond acceptors (Lipinski definition) is 4. The lowest BCUT2D eigenvalue weighted by atomic mass is 9.53. The van der Waals surface area contributed by atoms with Crippen LogP contribution in [-0.4, -0.2) is 39.9 Å². The highest BCUT2D eigenvalue weighted by molar-refractivity contribution is 5.95. The fraction of sp³-hybridized carbons (Fsp3) is 0.632. The van der Waals surface area contributed by atoms with E-state index in [-0.39, 0.29) is 22.7 Å². The second-order valence-corrected chi connectivity index (χ2v) is 8.66. The highest BCUT2D eigenvalue weighted by Crippen LogP contribution is 2.55. The fourth-order valence-electron chi connectivity index (χ4n) is 5.30. The van der Waals surface area contributed by atoms with Crippen molar-refractivity contribution in [2.45, 2.75) is 44.7 Å². The van der Waals surface area contributed by atoms with E-state index in [9.17, 15) is 14.9 Å². The van der Waals surface area contributed by atoms with Crippen molar-refractivity contribution < 1.29 is 9.72 Å². The highest BCUT2D eigenvalue weighted by atomic mass is 16.6. The van der Waals surface area contributed by atoms with E-state index >= 15 is 0 Å². The zero-order chi connectivity index (χ0) is 18.0. The van der Waals surface area contributed by atoms with Gasteiger partial charge in [-0.3, -0.25) is 19.8 Å². The summed E-state index contributed by atoms with van der Waals surface area (Å²) >= 11 is 0. The van der Waals surface area contributed by atoms with Gasteiger partial charge in [0, 0.05) is 41.9 Å². The first-order valence-electron chi connectivity index (χ1n) is 9.04. The molecule has 3 saturated heterocycles. The Balaban J connectivity index is 1.53. The molecule has 0 radical (unpaired) electrons. The summed E-state index contributed by atoms with van der Waals surface area (Å²) in [5.41, 5.74) is 0.577. The average Bonchev–Trinajstić information content (AvgIpc) is 2.53. The van der Waals surface area contributed by atoms with Crippen LogP contribution in [0, 0.1) is 27.9 Å². The summed E-state index contributed by atoms with van der Waals surface area (Å²) in [7, 11) is 0. The Bertz CT molecular complexity index is 694. The molecule has 4 fully saturated rings. The van der Waals surface area contributed by atoms with Crippen LogP contribution in [0.4, 0.5) is 5.69 Å². The molecule has 4 bridgehead atoms. The fourth-order valence-corrected chi connectivity index (χ4v) is 5.30. The van der Waals surface area contributed by atoms with Crippen LogP contribution >= 0.6 is 0 Å². The van der Waals surface area contributed by atoms with E-state index in [1.54, 1.807) is 12.1 Å². The van der Waals surface area contributed by atoms with Gasteiger partial charge in [-0.1, -0.05) is 0 Å². The van der Waals surface area contributed by atoms with E-state index in [0.29, 0.717) is 23.3 Å². The van der Waals surface area contributed by atoms with Crippen LogP contribution in [0.15, 0.2) is 24.3 Å². The SMILES string of the molecule is CC1(NC(=O)c2ccc([N+](=O)[O-])cc2)C2CC3CC1CN(C2)C3(C)C. The van der Waals surface area contributed by atoms with E-state index in [4.69, 9.17) is 0 Å². The monoisotopic (exact) mass is 343 g/mol. The molecular weight excluding hydrogens is 318 g/mol. The minimum atomic E-state index is -0.447. The van der Waals surface area contributed by atoms with Crippen molar-refractivity contribution in [1.82, 2.24) is 10.2 Å². The molecule has 3 aliphatic heterocycles. The number of piperidine rings is 3. The van der Waals surface area contributed by atoms with E-state index in [0.717, 1.165) is 25.9 Å². The number of amides is 1. The first-order valence-corrected chi connectivity index (χ1v) is 9.04. The summed E-state index contributed by atoms with van der Waals surface area (Å²) in [6.07, 6.45) is 2.33. The third-order valence-electron chi connectivity index (χ3n) is 7.25. The Morgan fingerprint density at radius 1 is 1.12 bits per heavy atom. The van der Waals surface area contributed by atoms with Crippen molar-refractivity contribution in [2.75, 3.05) is 13.1 Å². The van der Waals surface area contributed by atoms with E-state index in [1.807, 2.05) is 0 Å². The number of hydrogen-bond donors (Lipinski definition) is 1. The van der Waals surface area contributed by atoms with Gasteiger partial charge in [-0.05, 0) is 63.5 Å². The van der Waals surface area contributed by atoms with Gasteiger partial charge in [-0.15, -0.1) is 0 Å². The van der Waals surface area contributed by atoms with Gasteiger partial charge in [-0.25, -0.2) is 0 Å². The topological polar surface area (TPSA) is 75.5 Å². The maximum atomic E-state index is 12.8. The second-order valence-electron chi connectivity index (χ2n) is 8.66.